The van der Waals surface area contributed by atoms with E-state index in [1.807, 2.05) is 32.0 Å². The molecule has 0 fully saturated rings. The molecule has 0 saturated carbocycles. The molecular weight excluding hydrogens is 312 g/mol. The number of ether oxygens (including phenoxy) is 1. The number of nitrogens with zero attached hydrogens (tertiary/aromatic N) is 3. The minimum atomic E-state index is 0.0689. The Morgan fingerprint density at radius 1 is 1.30 bits per heavy atom. The van der Waals surface area contributed by atoms with Crippen LogP contribution in [0.2, 0.25) is 0 Å². The van der Waals surface area contributed by atoms with E-state index in [1.165, 1.54) is 0 Å². The van der Waals surface area contributed by atoms with E-state index in [-0.39, 0.29) is 6.04 Å². The van der Waals surface area contributed by atoms with Gasteiger partial charge in [-0.3, -0.25) is 0 Å². The number of nitrogen functional groups attached to an aromatic ring is 1. The van der Waals surface area contributed by atoms with Gasteiger partial charge in [0.05, 0.1) is 30.3 Å². The molecule has 0 radical (unpaired) electrons. The van der Waals surface area contributed by atoms with Crippen LogP contribution in [0.5, 0.6) is 0 Å². The highest BCUT2D eigenvalue weighted by Gasteiger charge is 2.24. The van der Waals surface area contributed by atoms with Crippen LogP contribution < -0.4 is 5.73 Å². The predicted molar refractivity (Wildman–Crippen MR) is 95.1 cm³/mol. The molecule has 6 heteroatoms. The first kappa shape index (κ1) is 16.0. The molecule has 3 heterocycles. The van der Waals surface area contributed by atoms with Gasteiger partial charge in [0.15, 0.2) is 5.82 Å². The number of rotatable bonds is 1. The maximum Gasteiger partial charge on any atom is 0.152 e. The minimum absolute atomic E-state index is 0.0689. The number of halogens is 1. The summed E-state index contributed by atoms with van der Waals surface area (Å²) >= 11 is 6.15. The average molecular weight is 333 g/mol. The van der Waals surface area contributed by atoms with Crippen LogP contribution in [0.3, 0.4) is 0 Å². The number of aromatic nitrogens is 3. The molecule has 1 atom stereocenters. The summed E-state index contributed by atoms with van der Waals surface area (Å²) in [6, 6.07) is 8.05. The molecule has 0 spiro atoms. The molecule has 2 N–H and O–H groups in total. The summed E-state index contributed by atoms with van der Waals surface area (Å²) in [5.74, 6) is 1.92. The zero-order chi connectivity index (χ0) is 16.4. The zero-order valence-electron chi connectivity index (χ0n) is 13.4. The maximum atomic E-state index is 6.15. The summed E-state index contributed by atoms with van der Waals surface area (Å²) in [6.07, 6.45) is 0.760. The molecular formula is C17H21ClN4O. The lowest BCUT2D eigenvalue weighted by molar-refractivity contribution is 0.124. The number of benzene rings is 1. The highest BCUT2D eigenvalue weighted by atomic mass is 35.5. The molecule has 2 aromatic heterocycles. The van der Waals surface area contributed by atoms with E-state index in [0.717, 1.165) is 34.2 Å². The monoisotopic (exact) mass is 332 g/mol. The summed E-state index contributed by atoms with van der Waals surface area (Å²) in [5, 5.41) is 1.05. The van der Waals surface area contributed by atoms with Crippen LogP contribution in [-0.4, -0.2) is 33.6 Å². The highest BCUT2D eigenvalue weighted by molar-refractivity contribution is 6.18. The third kappa shape index (κ3) is 2.64. The molecule has 122 valence electrons. The van der Waals surface area contributed by atoms with Gasteiger partial charge in [-0.1, -0.05) is 32.0 Å². The Hall–Kier alpha value is -1.85. The summed E-state index contributed by atoms with van der Waals surface area (Å²) in [7, 11) is 0. The molecule has 0 amide bonds. The number of fused-ring (bicyclic) bond motifs is 5. The summed E-state index contributed by atoms with van der Waals surface area (Å²) in [6.45, 7) is 5.25. The van der Waals surface area contributed by atoms with Crippen molar-refractivity contribution in [1.29, 1.82) is 0 Å². The smallest absolute Gasteiger partial charge is 0.152 e. The Kier molecular flexibility index (Phi) is 4.68. The summed E-state index contributed by atoms with van der Waals surface area (Å²) in [4.78, 5) is 9.16. The number of para-hydroxylation sites is 1. The fourth-order valence-corrected chi connectivity index (χ4v) is 3.24. The number of hydrogen-bond acceptors (Lipinski definition) is 4. The Morgan fingerprint density at radius 3 is 2.87 bits per heavy atom. The molecule has 1 aromatic carbocycles. The van der Waals surface area contributed by atoms with Crippen LogP contribution in [0.25, 0.3) is 21.9 Å². The van der Waals surface area contributed by atoms with Gasteiger partial charge in [0, 0.05) is 17.7 Å². The molecule has 23 heavy (non-hydrogen) atoms. The first-order valence-corrected chi connectivity index (χ1v) is 8.52. The standard InChI is InChI=1S/C15H15ClN4O.C2H6/c16-7-9-8-21-6-5-12-19-13-14(20(9)12)10-3-1-2-4-11(10)18-15(13)17;1-2/h1-4,9H,5-8H2,(H2,17,18);1-2H3/t9-;/m0./s1. The van der Waals surface area contributed by atoms with E-state index in [4.69, 9.17) is 27.1 Å². The molecule has 4 rings (SSSR count). The molecule has 0 bridgehead atoms. The maximum absolute atomic E-state index is 6.15. The SMILES string of the molecule is CC.Nc1nc2ccccc2c2c1nc1n2[C@@H](CCl)COCC1. The molecule has 1 aliphatic rings. The van der Waals surface area contributed by atoms with Crippen molar-refractivity contribution in [1.82, 2.24) is 14.5 Å². The Labute approximate surface area is 140 Å². The second kappa shape index (κ2) is 6.72. The number of anilines is 1. The van der Waals surface area contributed by atoms with Crippen molar-refractivity contribution < 1.29 is 4.74 Å². The van der Waals surface area contributed by atoms with Gasteiger partial charge in [-0.05, 0) is 6.07 Å². The van der Waals surface area contributed by atoms with Crippen LogP contribution in [0.15, 0.2) is 24.3 Å². The zero-order valence-corrected chi connectivity index (χ0v) is 14.2. The Balaban J connectivity index is 0.000000753. The molecule has 1 aliphatic heterocycles. The topological polar surface area (TPSA) is 66.0 Å². The van der Waals surface area contributed by atoms with E-state index >= 15 is 0 Å². The van der Waals surface area contributed by atoms with Crippen molar-refractivity contribution in [2.75, 3.05) is 24.8 Å². The van der Waals surface area contributed by atoms with E-state index in [9.17, 15) is 0 Å². The Morgan fingerprint density at radius 2 is 2.09 bits per heavy atom. The number of nitrogens with two attached hydrogens (primary N) is 1. The third-order valence-corrected chi connectivity index (χ3v) is 4.31. The summed E-state index contributed by atoms with van der Waals surface area (Å²) < 4.78 is 7.83. The van der Waals surface area contributed by atoms with Crippen LogP contribution in [-0.2, 0) is 11.2 Å². The van der Waals surface area contributed by atoms with Crippen molar-refractivity contribution >= 4 is 39.4 Å². The van der Waals surface area contributed by atoms with Crippen molar-refractivity contribution in [3.05, 3.63) is 30.1 Å². The number of hydrogen-bond donors (Lipinski definition) is 1. The third-order valence-electron chi connectivity index (χ3n) is 3.95. The van der Waals surface area contributed by atoms with Gasteiger partial charge in [0.2, 0.25) is 0 Å². The molecule has 5 nitrogen and oxygen atoms in total. The normalized spacial score (nSPS) is 17.4. The number of imidazole rings is 1. The lowest BCUT2D eigenvalue weighted by Gasteiger charge is -2.16. The second-order valence-corrected chi connectivity index (χ2v) is 5.55. The minimum Gasteiger partial charge on any atom is -0.382 e. The van der Waals surface area contributed by atoms with Crippen LogP contribution >= 0.6 is 11.6 Å². The molecule has 3 aromatic rings. The quantitative estimate of drug-likeness (QED) is 0.692. The number of pyridine rings is 1. The van der Waals surface area contributed by atoms with Gasteiger partial charge in [-0.2, -0.15) is 0 Å². The molecule has 0 unspecified atom stereocenters. The van der Waals surface area contributed by atoms with Gasteiger partial charge < -0.3 is 15.0 Å². The van der Waals surface area contributed by atoms with Gasteiger partial charge >= 0.3 is 0 Å². The van der Waals surface area contributed by atoms with Crippen LogP contribution in [0.1, 0.15) is 25.7 Å². The lowest BCUT2D eigenvalue weighted by atomic mass is 10.1. The lowest BCUT2D eigenvalue weighted by Crippen LogP contribution is -2.16. The van der Waals surface area contributed by atoms with Crippen molar-refractivity contribution in [2.24, 2.45) is 0 Å². The highest BCUT2D eigenvalue weighted by Crippen LogP contribution is 2.32. The summed E-state index contributed by atoms with van der Waals surface area (Å²) in [5.41, 5.74) is 8.77. The first-order chi connectivity index (χ1) is 11.3. The van der Waals surface area contributed by atoms with Gasteiger partial charge in [0.1, 0.15) is 11.3 Å². The van der Waals surface area contributed by atoms with Crippen molar-refractivity contribution in [3.8, 4) is 0 Å². The Bertz CT molecular complexity index is 830. The van der Waals surface area contributed by atoms with E-state index in [1.54, 1.807) is 0 Å². The fourth-order valence-electron chi connectivity index (χ4n) is 3.01. The van der Waals surface area contributed by atoms with Crippen molar-refractivity contribution in [2.45, 2.75) is 26.3 Å². The molecule has 0 aliphatic carbocycles. The van der Waals surface area contributed by atoms with Crippen LogP contribution in [0.4, 0.5) is 5.82 Å². The van der Waals surface area contributed by atoms with Crippen molar-refractivity contribution in [3.63, 3.8) is 0 Å². The number of alkyl halides is 1. The van der Waals surface area contributed by atoms with Gasteiger partial charge in [0.25, 0.3) is 0 Å². The fraction of sp³-hybridized carbons (Fsp3) is 0.412. The largest absolute Gasteiger partial charge is 0.382 e. The van der Waals surface area contributed by atoms with Gasteiger partial charge in [-0.25, -0.2) is 9.97 Å². The second-order valence-electron chi connectivity index (χ2n) is 5.24. The van der Waals surface area contributed by atoms with E-state index < -0.39 is 0 Å². The van der Waals surface area contributed by atoms with E-state index in [2.05, 4.69) is 15.6 Å². The molecule has 0 saturated heterocycles. The first-order valence-electron chi connectivity index (χ1n) is 7.98. The predicted octanol–water partition coefficient (Wildman–Crippen LogP) is 3.55. The van der Waals surface area contributed by atoms with E-state index in [0.29, 0.717) is 24.9 Å². The van der Waals surface area contributed by atoms with Crippen LogP contribution in [0, 0.1) is 0 Å². The average Bonchev–Trinajstić information content (AvgIpc) is 2.86. The van der Waals surface area contributed by atoms with Gasteiger partial charge in [-0.15, -0.1) is 11.6 Å².